The number of carbonyl (C=O) groups is 1. The van der Waals surface area contributed by atoms with Crippen LogP contribution in [0.5, 0.6) is 5.75 Å². The highest BCUT2D eigenvalue weighted by molar-refractivity contribution is 5.80. The van der Waals surface area contributed by atoms with Gasteiger partial charge in [-0.25, -0.2) is 0 Å². The van der Waals surface area contributed by atoms with Gasteiger partial charge >= 0.3 is 0 Å². The number of methoxy groups -OCH3 is 1. The summed E-state index contributed by atoms with van der Waals surface area (Å²) in [5, 5.41) is 2.83. The molecule has 1 atom stereocenters. The van der Waals surface area contributed by atoms with Gasteiger partial charge in [0.2, 0.25) is 0 Å². The van der Waals surface area contributed by atoms with E-state index in [0.29, 0.717) is 13.2 Å². The Labute approximate surface area is 115 Å². The second kappa shape index (κ2) is 7.79. The summed E-state index contributed by atoms with van der Waals surface area (Å²) in [4.78, 5) is 11.8. The van der Waals surface area contributed by atoms with Crippen LogP contribution in [0.1, 0.15) is 24.5 Å². The Morgan fingerprint density at radius 2 is 2.11 bits per heavy atom. The topological polar surface area (TPSA) is 47.6 Å². The van der Waals surface area contributed by atoms with Gasteiger partial charge < -0.3 is 14.8 Å². The number of ether oxygens (including phenoxy) is 2. The van der Waals surface area contributed by atoms with Crippen LogP contribution in [0.25, 0.3) is 0 Å². The maximum Gasteiger partial charge on any atom is 0.260 e. The number of hydrogen-bond donors (Lipinski definition) is 1. The minimum atomic E-state index is -0.497. The molecule has 1 N–H and O–H groups in total. The molecule has 0 unspecified atom stereocenters. The van der Waals surface area contributed by atoms with Crippen molar-refractivity contribution in [3.05, 3.63) is 29.3 Å². The highest BCUT2D eigenvalue weighted by Gasteiger charge is 2.14. The smallest absolute Gasteiger partial charge is 0.260 e. The van der Waals surface area contributed by atoms with Gasteiger partial charge in [0.05, 0.1) is 0 Å². The molecule has 1 aromatic carbocycles. The molecular weight excluding hydrogens is 242 g/mol. The van der Waals surface area contributed by atoms with Crippen LogP contribution in [0.4, 0.5) is 0 Å². The average molecular weight is 265 g/mol. The van der Waals surface area contributed by atoms with E-state index >= 15 is 0 Å². The molecule has 0 saturated carbocycles. The second-order valence-electron chi connectivity index (χ2n) is 4.67. The van der Waals surface area contributed by atoms with Crippen LogP contribution in [0.15, 0.2) is 18.2 Å². The molecule has 4 heteroatoms. The van der Waals surface area contributed by atoms with Crippen LogP contribution in [0.3, 0.4) is 0 Å². The van der Waals surface area contributed by atoms with Gasteiger partial charge in [-0.2, -0.15) is 0 Å². The first-order valence-electron chi connectivity index (χ1n) is 6.55. The van der Waals surface area contributed by atoms with Crippen molar-refractivity contribution in [1.29, 1.82) is 0 Å². The SMILES string of the molecule is COCCCNC(=O)[C@H](C)Oc1cc(C)ccc1C. The molecule has 0 bridgehead atoms. The Bertz CT molecular complexity index is 418. The van der Waals surface area contributed by atoms with E-state index in [-0.39, 0.29) is 5.91 Å². The van der Waals surface area contributed by atoms with Crippen molar-refractivity contribution in [3.8, 4) is 5.75 Å². The van der Waals surface area contributed by atoms with Gasteiger partial charge in [0.15, 0.2) is 6.10 Å². The van der Waals surface area contributed by atoms with E-state index in [0.717, 1.165) is 23.3 Å². The van der Waals surface area contributed by atoms with Crippen molar-refractivity contribution >= 4 is 5.91 Å². The molecule has 0 aliphatic carbocycles. The number of hydrogen-bond acceptors (Lipinski definition) is 3. The fraction of sp³-hybridized carbons (Fsp3) is 0.533. The summed E-state index contributed by atoms with van der Waals surface area (Å²) < 4.78 is 10.6. The van der Waals surface area contributed by atoms with Gasteiger partial charge in [-0.15, -0.1) is 0 Å². The standard InChI is InChI=1S/C15H23NO3/c1-11-6-7-12(2)14(10-11)19-13(3)15(17)16-8-5-9-18-4/h6-7,10,13H,5,8-9H2,1-4H3,(H,16,17)/t13-/m0/s1. The van der Waals surface area contributed by atoms with E-state index in [4.69, 9.17) is 9.47 Å². The van der Waals surface area contributed by atoms with Crippen molar-refractivity contribution in [3.63, 3.8) is 0 Å². The third-order valence-electron chi connectivity index (χ3n) is 2.84. The highest BCUT2D eigenvalue weighted by Crippen LogP contribution is 2.20. The van der Waals surface area contributed by atoms with Crippen molar-refractivity contribution in [2.75, 3.05) is 20.3 Å². The Morgan fingerprint density at radius 1 is 1.37 bits per heavy atom. The van der Waals surface area contributed by atoms with Crippen LogP contribution in [-0.2, 0) is 9.53 Å². The third-order valence-corrected chi connectivity index (χ3v) is 2.84. The monoisotopic (exact) mass is 265 g/mol. The molecule has 0 aliphatic rings. The summed E-state index contributed by atoms with van der Waals surface area (Å²) in [7, 11) is 1.65. The van der Waals surface area contributed by atoms with Gasteiger partial charge in [0.1, 0.15) is 5.75 Å². The highest BCUT2D eigenvalue weighted by atomic mass is 16.5. The molecule has 4 nitrogen and oxygen atoms in total. The van der Waals surface area contributed by atoms with Crippen molar-refractivity contribution in [2.45, 2.75) is 33.3 Å². The minimum Gasteiger partial charge on any atom is -0.481 e. The van der Waals surface area contributed by atoms with Gasteiger partial charge in [-0.3, -0.25) is 4.79 Å². The van der Waals surface area contributed by atoms with Gasteiger partial charge in [-0.1, -0.05) is 12.1 Å². The first-order chi connectivity index (χ1) is 9.04. The summed E-state index contributed by atoms with van der Waals surface area (Å²) >= 11 is 0. The van der Waals surface area contributed by atoms with Crippen LogP contribution in [0, 0.1) is 13.8 Å². The fourth-order valence-corrected chi connectivity index (χ4v) is 1.65. The van der Waals surface area contributed by atoms with E-state index in [1.807, 2.05) is 32.0 Å². The maximum atomic E-state index is 11.8. The van der Waals surface area contributed by atoms with Crippen molar-refractivity contribution < 1.29 is 14.3 Å². The molecule has 0 heterocycles. The zero-order chi connectivity index (χ0) is 14.3. The Hall–Kier alpha value is -1.55. The number of carbonyl (C=O) groups excluding carboxylic acids is 1. The summed E-state index contributed by atoms with van der Waals surface area (Å²) in [5.41, 5.74) is 2.15. The molecule has 0 radical (unpaired) electrons. The Balaban J connectivity index is 2.47. The zero-order valence-electron chi connectivity index (χ0n) is 12.2. The van der Waals surface area contributed by atoms with Gasteiger partial charge in [0, 0.05) is 20.3 Å². The predicted octanol–water partition coefficient (Wildman–Crippen LogP) is 2.22. The minimum absolute atomic E-state index is 0.1000. The Kier molecular flexibility index (Phi) is 6.36. The lowest BCUT2D eigenvalue weighted by molar-refractivity contribution is -0.127. The normalized spacial score (nSPS) is 12.0. The molecule has 0 spiro atoms. The molecule has 106 valence electrons. The van der Waals surface area contributed by atoms with Crippen LogP contribution in [0.2, 0.25) is 0 Å². The molecule has 1 amide bonds. The largest absolute Gasteiger partial charge is 0.481 e. The van der Waals surface area contributed by atoms with Crippen LogP contribution < -0.4 is 10.1 Å². The molecule has 0 fully saturated rings. The molecule has 19 heavy (non-hydrogen) atoms. The maximum absolute atomic E-state index is 11.8. The number of aryl methyl sites for hydroxylation is 2. The van der Waals surface area contributed by atoms with Gasteiger partial charge in [0.25, 0.3) is 5.91 Å². The van der Waals surface area contributed by atoms with Gasteiger partial charge in [-0.05, 0) is 44.4 Å². The van der Waals surface area contributed by atoms with E-state index in [1.165, 1.54) is 0 Å². The molecule has 1 rings (SSSR count). The summed E-state index contributed by atoms with van der Waals surface area (Å²) in [6.45, 7) is 6.98. The third kappa shape index (κ3) is 5.30. The number of benzene rings is 1. The lowest BCUT2D eigenvalue weighted by Gasteiger charge is -2.16. The fourth-order valence-electron chi connectivity index (χ4n) is 1.65. The number of nitrogens with one attached hydrogen (secondary N) is 1. The lowest BCUT2D eigenvalue weighted by Crippen LogP contribution is -2.37. The quantitative estimate of drug-likeness (QED) is 0.769. The first-order valence-corrected chi connectivity index (χ1v) is 6.55. The lowest BCUT2D eigenvalue weighted by atomic mass is 10.1. The van der Waals surface area contributed by atoms with Crippen LogP contribution in [-0.4, -0.2) is 32.3 Å². The van der Waals surface area contributed by atoms with E-state index in [9.17, 15) is 4.79 Å². The number of rotatable bonds is 7. The molecule has 0 aliphatic heterocycles. The van der Waals surface area contributed by atoms with E-state index in [2.05, 4.69) is 5.32 Å². The molecular formula is C15H23NO3. The average Bonchev–Trinajstić information content (AvgIpc) is 2.38. The summed E-state index contributed by atoms with van der Waals surface area (Å²) in [6.07, 6.45) is 0.307. The zero-order valence-corrected chi connectivity index (χ0v) is 12.2. The van der Waals surface area contributed by atoms with E-state index in [1.54, 1.807) is 14.0 Å². The van der Waals surface area contributed by atoms with Crippen molar-refractivity contribution in [1.82, 2.24) is 5.32 Å². The summed E-state index contributed by atoms with van der Waals surface area (Å²) in [6, 6.07) is 5.97. The van der Waals surface area contributed by atoms with E-state index < -0.39 is 6.10 Å². The Morgan fingerprint density at radius 3 is 2.79 bits per heavy atom. The molecule has 0 saturated heterocycles. The van der Waals surface area contributed by atoms with Crippen molar-refractivity contribution in [2.24, 2.45) is 0 Å². The molecule has 0 aromatic heterocycles. The number of amides is 1. The van der Waals surface area contributed by atoms with Crippen LogP contribution >= 0.6 is 0 Å². The molecule has 1 aromatic rings. The second-order valence-corrected chi connectivity index (χ2v) is 4.67. The predicted molar refractivity (Wildman–Crippen MR) is 75.5 cm³/mol. The first kappa shape index (κ1) is 15.5. The summed E-state index contributed by atoms with van der Waals surface area (Å²) in [5.74, 6) is 0.663.